The summed E-state index contributed by atoms with van der Waals surface area (Å²) in [6, 6.07) is 13.6. The Morgan fingerprint density at radius 2 is 1.94 bits per heavy atom. The molecule has 1 atom stereocenters. The van der Waals surface area contributed by atoms with Gasteiger partial charge in [-0.2, -0.15) is 0 Å². The monoisotopic (exact) mass is 504 g/mol. The van der Waals surface area contributed by atoms with Gasteiger partial charge in [0.1, 0.15) is 16.5 Å². The van der Waals surface area contributed by atoms with Gasteiger partial charge in [-0.15, -0.1) is 11.3 Å². The first-order valence-corrected chi connectivity index (χ1v) is 13.4. The van der Waals surface area contributed by atoms with Crippen LogP contribution in [0, 0.1) is 11.3 Å². The van der Waals surface area contributed by atoms with Gasteiger partial charge in [0.05, 0.1) is 19.8 Å². The highest BCUT2D eigenvalue weighted by Crippen LogP contribution is 2.45. The van der Waals surface area contributed by atoms with Crippen molar-refractivity contribution in [2.75, 3.05) is 19.5 Å². The zero-order chi connectivity index (χ0) is 25.9. The molecule has 1 aromatic heterocycles. The van der Waals surface area contributed by atoms with Crippen LogP contribution in [0.2, 0.25) is 0 Å². The Kier molecular flexibility index (Phi) is 7.84. The molecular formula is C30H36N2O3S. The van der Waals surface area contributed by atoms with Crippen LogP contribution in [0.3, 0.4) is 0 Å². The summed E-state index contributed by atoms with van der Waals surface area (Å²) in [5.74, 6) is 1.92. The number of hydrogen-bond donors (Lipinski definition) is 1. The van der Waals surface area contributed by atoms with Gasteiger partial charge in [-0.05, 0) is 72.4 Å². The van der Waals surface area contributed by atoms with Crippen molar-refractivity contribution >= 4 is 34.1 Å². The maximum atomic E-state index is 13.7. The fourth-order valence-corrected chi connectivity index (χ4v) is 6.11. The van der Waals surface area contributed by atoms with Gasteiger partial charge in [-0.1, -0.05) is 45.9 Å². The molecule has 1 N–H and O–H groups in total. The van der Waals surface area contributed by atoms with Crippen molar-refractivity contribution in [3.8, 4) is 11.5 Å². The normalized spacial score (nSPS) is 15.6. The number of aryl methyl sites for hydroxylation is 1. The third-order valence-corrected chi connectivity index (χ3v) is 8.27. The molecule has 2 aromatic carbocycles. The number of amides is 1. The van der Waals surface area contributed by atoms with E-state index in [0.29, 0.717) is 17.2 Å². The average molecular weight is 505 g/mol. The lowest BCUT2D eigenvalue weighted by atomic mass is 9.72. The second kappa shape index (κ2) is 10.9. The number of aliphatic imine (C=N–C) groups is 1. The quantitative estimate of drug-likeness (QED) is 0.339. The summed E-state index contributed by atoms with van der Waals surface area (Å²) in [5, 5.41) is 3.93. The lowest BCUT2D eigenvalue weighted by Crippen LogP contribution is -2.27. The van der Waals surface area contributed by atoms with Crippen LogP contribution >= 0.6 is 11.3 Å². The first kappa shape index (κ1) is 26.0. The highest BCUT2D eigenvalue weighted by atomic mass is 32.1. The molecule has 3 aromatic rings. The van der Waals surface area contributed by atoms with Gasteiger partial charge in [-0.25, -0.2) is 4.99 Å². The Bertz CT molecular complexity index is 1270. The van der Waals surface area contributed by atoms with Crippen molar-refractivity contribution in [1.82, 2.24) is 0 Å². The summed E-state index contributed by atoms with van der Waals surface area (Å²) in [7, 11) is 3.28. The Labute approximate surface area is 218 Å². The second-order valence-electron chi connectivity index (χ2n) is 10.3. The molecule has 190 valence electrons. The molecule has 5 nitrogen and oxygen atoms in total. The lowest BCUT2D eigenvalue weighted by molar-refractivity contribution is 0.102. The molecule has 0 saturated heterocycles. The largest absolute Gasteiger partial charge is 0.497 e. The first-order valence-electron chi connectivity index (χ1n) is 12.5. The predicted molar refractivity (Wildman–Crippen MR) is 150 cm³/mol. The number of ether oxygens (including phenoxy) is 2. The van der Waals surface area contributed by atoms with E-state index in [9.17, 15) is 4.79 Å². The number of methoxy groups -OCH3 is 2. The molecule has 0 radical (unpaired) electrons. The minimum atomic E-state index is -0.0904. The maximum absolute atomic E-state index is 13.7. The van der Waals surface area contributed by atoms with E-state index in [-0.39, 0.29) is 11.3 Å². The van der Waals surface area contributed by atoms with E-state index >= 15 is 0 Å². The van der Waals surface area contributed by atoms with Gasteiger partial charge < -0.3 is 14.8 Å². The Balaban J connectivity index is 1.75. The van der Waals surface area contributed by atoms with Crippen LogP contribution in [0.1, 0.15) is 66.0 Å². The molecule has 0 saturated carbocycles. The molecule has 0 unspecified atom stereocenters. The van der Waals surface area contributed by atoms with E-state index in [2.05, 4.69) is 39.1 Å². The summed E-state index contributed by atoms with van der Waals surface area (Å²) >= 11 is 1.64. The minimum absolute atomic E-state index is 0.0904. The second-order valence-corrected chi connectivity index (χ2v) is 11.4. The van der Waals surface area contributed by atoms with E-state index in [1.165, 1.54) is 4.88 Å². The van der Waals surface area contributed by atoms with Crippen molar-refractivity contribution in [2.45, 2.75) is 53.4 Å². The van der Waals surface area contributed by atoms with Crippen molar-refractivity contribution in [3.05, 3.63) is 69.6 Å². The van der Waals surface area contributed by atoms with Gasteiger partial charge in [-0.3, -0.25) is 4.79 Å². The van der Waals surface area contributed by atoms with Crippen molar-refractivity contribution in [3.63, 3.8) is 0 Å². The molecule has 1 aliphatic carbocycles. The number of carbonyl (C=O) groups excluding carboxylic acids is 1. The number of thiophene rings is 1. The van der Waals surface area contributed by atoms with Crippen LogP contribution in [0.5, 0.6) is 11.5 Å². The molecule has 1 aliphatic rings. The summed E-state index contributed by atoms with van der Waals surface area (Å²) in [6.07, 6.45) is 5.58. The standard InChI is InChI=1S/C30H36N2O3S/c1-7-19-10-8-9-11-24(19)32-28(33)27-23-14-12-21(30(2,3)4)17-26(23)36-29(27)31-18-20-16-22(34-5)13-15-25(20)35-6/h8-11,13,15-16,18,21H,7,12,14,17H2,1-6H3,(H,32,33)/t21-/m0/s1. The van der Waals surface area contributed by atoms with Crippen LogP contribution in [0.4, 0.5) is 10.7 Å². The number of rotatable bonds is 7. The maximum Gasteiger partial charge on any atom is 0.259 e. The van der Waals surface area contributed by atoms with E-state index in [4.69, 9.17) is 14.5 Å². The molecule has 4 rings (SSSR count). The van der Waals surface area contributed by atoms with Crippen LogP contribution in [-0.4, -0.2) is 26.3 Å². The lowest BCUT2D eigenvalue weighted by Gasteiger charge is -2.33. The van der Waals surface area contributed by atoms with Crippen LogP contribution in [0.25, 0.3) is 0 Å². The summed E-state index contributed by atoms with van der Waals surface area (Å²) < 4.78 is 10.9. The molecular weight excluding hydrogens is 468 g/mol. The van der Waals surface area contributed by atoms with Gasteiger partial charge in [0.2, 0.25) is 0 Å². The average Bonchev–Trinajstić information content (AvgIpc) is 3.24. The number of fused-ring (bicyclic) bond motifs is 1. The molecule has 1 heterocycles. The molecule has 0 fully saturated rings. The van der Waals surface area contributed by atoms with Crippen LogP contribution in [-0.2, 0) is 19.3 Å². The van der Waals surface area contributed by atoms with Crippen molar-refractivity contribution in [1.29, 1.82) is 0 Å². The molecule has 6 heteroatoms. The number of para-hydroxylation sites is 1. The number of hydrogen-bond acceptors (Lipinski definition) is 5. The number of carbonyl (C=O) groups is 1. The zero-order valence-corrected chi connectivity index (χ0v) is 22.9. The Hall–Kier alpha value is -3.12. The molecule has 0 bridgehead atoms. The number of anilines is 1. The fraction of sp³-hybridized carbons (Fsp3) is 0.400. The first-order chi connectivity index (χ1) is 17.2. The van der Waals surface area contributed by atoms with Crippen molar-refractivity contribution in [2.24, 2.45) is 16.3 Å². The highest BCUT2D eigenvalue weighted by Gasteiger charge is 2.33. The van der Waals surface area contributed by atoms with Crippen LogP contribution < -0.4 is 14.8 Å². The Morgan fingerprint density at radius 1 is 1.17 bits per heavy atom. The number of nitrogens with zero attached hydrogens (tertiary/aromatic N) is 1. The van der Waals surface area contributed by atoms with Gasteiger partial charge in [0.15, 0.2) is 0 Å². The van der Waals surface area contributed by atoms with Gasteiger partial charge in [0.25, 0.3) is 5.91 Å². The van der Waals surface area contributed by atoms with E-state index in [0.717, 1.165) is 58.8 Å². The summed E-state index contributed by atoms with van der Waals surface area (Å²) in [4.78, 5) is 19.9. The van der Waals surface area contributed by atoms with Crippen molar-refractivity contribution < 1.29 is 14.3 Å². The molecule has 1 amide bonds. The topological polar surface area (TPSA) is 59.9 Å². The van der Waals surface area contributed by atoms with Gasteiger partial charge >= 0.3 is 0 Å². The summed E-state index contributed by atoms with van der Waals surface area (Å²) in [5.41, 5.74) is 4.86. The third kappa shape index (κ3) is 5.49. The predicted octanol–water partition coefficient (Wildman–Crippen LogP) is 7.48. The Morgan fingerprint density at radius 3 is 2.64 bits per heavy atom. The van der Waals surface area contributed by atoms with E-state index in [1.54, 1.807) is 31.8 Å². The van der Waals surface area contributed by atoms with Crippen LogP contribution in [0.15, 0.2) is 47.5 Å². The smallest absolute Gasteiger partial charge is 0.259 e. The fourth-order valence-electron chi connectivity index (χ4n) is 4.84. The molecule has 0 aliphatic heterocycles. The van der Waals surface area contributed by atoms with E-state index < -0.39 is 0 Å². The molecule has 36 heavy (non-hydrogen) atoms. The summed E-state index contributed by atoms with van der Waals surface area (Å²) in [6.45, 7) is 9.01. The third-order valence-electron chi connectivity index (χ3n) is 7.10. The highest BCUT2D eigenvalue weighted by molar-refractivity contribution is 7.16. The minimum Gasteiger partial charge on any atom is -0.497 e. The van der Waals surface area contributed by atoms with Gasteiger partial charge in [0, 0.05) is 22.3 Å². The zero-order valence-electron chi connectivity index (χ0n) is 22.1. The number of nitrogens with one attached hydrogen (secondary N) is 1. The number of benzene rings is 2. The SMILES string of the molecule is CCc1ccccc1NC(=O)c1c(N=Cc2cc(OC)ccc2OC)sc2c1CC[C@H](C(C)(C)C)C2. The molecule has 0 spiro atoms. The van der Waals surface area contributed by atoms with E-state index in [1.807, 2.05) is 36.4 Å².